The van der Waals surface area contributed by atoms with Crippen molar-refractivity contribution in [3.63, 3.8) is 0 Å². The molecule has 0 aliphatic rings. The van der Waals surface area contributed by atoms with E-state index < -0.39 is 0 Å². The topological polar surface area (TPSA) is 92.7 Å². The Hall–Kier alpha value is -2.91. The molecular formula is C18H15N5O2S2. The molecule has 9 heteroatoms. The number of carbonyl (C=O) groups is 1. The Kier molecular flexibility index (Phi) is 4.78. The Labute approximate surface area is 162 Å². The minimum absolute atomic E-state index is 0.119. The van der Waals surface area contributed by atoms with Gasteiger partial charge in [-0.25, -0.2) is 9.97 Å². The number of carbonyl (C=O) groups excluding carboxylic acids is 1. The van der Waals surface area contributed by atoms with Gasteiger partial charge >= 0.3 is 0 Å². The first-order valence-corrected chi connectivity index (χ1v) is 9.98. The summed E-state index contributed by atoms with van der Waals surface area (Å²) < 4.78 is 1.53. The van der Waals surface area contributed by atoms with Crippen LogP contribution in [0, 0.1) is 6.92 Å². The van der Waals surface area contributed by atoms with Crippen LogP contribution in [-0.4, -0.2) is 31.2 Å². The van der Waals surface area contributed by atoms with E-state index in [0.717, 1.165) is 5.69 Å². The van der Waals surface area contributed by atoms with Crippen molar-refractivity contribution in [3.8, 4) is 5.69 Å². The average molecular weight is 397 g/mol. The standard InChI is InChI=1S/C18H15N5O2S2/c1-11-9-13-15(20-11)16(25)23(12-5-3-2-4-6-12)18(21-13)27-10-14(24)22-17-19-7-8-26-17/h2-9,20H,10H2,1H3,(H,19,22,24). The molecule has 4 rings (SSSR count). The van der Waals surface area contributed by atoms with Crippen molar-refractivity contribution in [1.82, 2.24) is 19.5 Å². The lowest BCUT2D eigenvalue weighted by Gasteiger charge is -2.11. The molecule has 136 valence electrons. The fourth-order valence-electron chi connectivity index (χ4n) is 2.65. The van der Waals surface area contributed by atoms with Crippen LogP contribution in [0.3, 0.4) is 0 Å². The Morgan fingerprint density at radius 3 is 2.89 bits per heavy atom. The molecule has 7 nitrogen and oxygen atoms in total. The third kappa shape index (κ3) is 3.64. The third-order valence-electron chi connectivity index (χ3n) is 3.78. The first-order chi connectivity index (χ1) is 13.1. The van der Waals surface area contributed by atoms with E-state index in [1.165, 1.54) is 27.7 Å². The van der Waals surface area contributed by atoms with Gasteiger partial charge in [0.15, 0.2) is 10.3 Å². The Morgan fingerprint density at radius 1 is 1.33 bits per heavy atom. The fraction of sp³-hybridized carbons (Fsp3) is 0.111. The smallest absolute Gasteiger partial charge is 0.283 e. The highest BCUT2D eigenvalue weighted by molar-refractivity contribution is 7.99. The average Bonchev–Trinajstić information content (AvgIpc) is 3.30. The molecular weight excluding hydrogens is 382 g/mol. The minimum atomic E-state index is -0.200. The summed E-state index contributed by atoms with van der Waals surface area (Å²) in [6.07, 6.45) is 1.63. The molecule has 4 aromatic rings. The second-order valence-electron chi connectivity index (χ2n) is 5.76. The predicted molar refractivity (Wildman–Crippen MR) is 108 cm³/mol. The van der Waals surface area contributed by atoms with Gasteiger partial charge in [0.05, 0.1) is 17.0 Å². The molecule has 2 N–H and O–H groups in total. The van der Waals surface area contributed by atoms with Gasteiger partial charge < -0.3 is 10.3 Å². The van der Waals surface area contributed by atoms with Gasteiger partial charge in [-0.05, 0) is 25.1 Å². The molecule has 0 unspecified atom stereocenters. The number of H-pyrrole nitrogens is 1. The number of benzene rings is 1. The number of nitrogens with one attached hydrogen (secondary N) is 2. The lowest BCUT2D eigenvalue weighted by Crippen LogP contribution is -2.22. The van der Waals surface area contributed by atoms with Gasteiger partial charge in [0.2, 0.25) is 5.91 Å². The number of thioether (sulfide) groups is 1. The van der Waals surface area contributed by atoms with E-state index in [1.807, 2.05) is 43.3 Å². The molecule has 0 bridgehead atoms. The van der Waals surface area contributed by atoms with Gasteiger partial charge in [0, 0.05) is 17.3 Å². The number of aromatic nitrogens is 4. The number of aromatic amines is 1. The largest absolute Gasteiger partial charge is 0.353 e. The molecule has 0 fully saturated rings. The van der Waals surface area contributed by atoms with Crippen LogP contribution in [0.25, 0.3) is 16.7 Å². The van der Waals surface area contributed by atoms with Crippen LogP contribution in [0.2, 0.25) is 0 Å². The summed E-state index contributed by atoms with van der Waals surface area (Å²) in [6.45, 7) is 1.88. The van der Waals surface area contributed by atoms with Crippen molar-refractivity contribution in [2.75, 3.05) is 11.1 Å². The van der Waals surface area contributed by atoms with Crippen LogP contribution in [-0.2, 0) is 4.79 Å². The van der Waals surface area contributed by atoms with Gasteiger partial charge in [0.1, 0.15) is 5.52 Å². The van der Waals surface area contributed by atoms with Crippen LogP contribution in [0.4, 0.5) is 5.13 Å². The number of hydrogen-bond acceptors (Lipinski definition) is 6. The summed E-state index contributed by atoms with van der Waals surface area (Å²) in [6, 6.07) is 11.1. The zero-order valence-corrected chi connectivity index (χ0v) is 15.9. The highest BCUT2D eigenvalue weighted by Crippen LogP contribution is 2.22. The van der Waals surface area contributed by atoms with Crippen molar-refractivity contribution in [3.05, 3.63) is 64.0 Å². The predicted octanol–water partition coefficient (Wildman–Crippen LogP) is 3.21. The van der Waals surface area contributed by atoms with Crippen molar-refractivity contribution < 1.29 is 4.79 Å². The zero-order valence-electron chi connectivity index (χ0n) is 14.3. The number of aryl methyl sites for hydroxylation is 1. The number of anilines is 1. The van der Waals surface area contributed by atoms with Gasteiger partial charge in [-0.15, -0.1) is 11.3 Å². The van der Waals surface area contributed by atoms with Crippen LogP contribution >= 0.6 is 23.1 Å². The van der Waals surface area contributed by atoms with Crippen molar-refractivity contribution in [2.24, 2.45) is 0 Å². The Morgan fingerprint density at radius 2 is 2.15 bits per heavy atom. The molecule has 27 heavy (non-hydrogen) atoms. The third-order valence-corrected chi connectivity index (χ3v) is 5.41. The summed E-state index contributed by atoms with van der Waals surface area (Å²) in [4.78, 5) is 36.9. The number of rotatable bonds is 5. The quantitative estimate of drug-likeness (QED) is 0.398. The molecule has 0 spiro atoms. The van der Waals surface area contributed by atoms with Gasteiger partial charge in [-0.3, -0.25) is 14.2 Å². The number of nitrogens with zero attached hydrogens (tertiary/aromatic N) is 3. The molecule has 1 aromatic carbocycles. The first kappa shape index (κ1) is 17.5. The molecule has 0 radical (unpaired) electrons. The number of amides is 1. The lowest BCUT2D eigenvalue weighted by molar-refractivity contribution is -0.113. The summed E-state index contributed by atoms with van der Waals surface area (Å²) in [5.74, 6) is -0.0810. The maximum absolute atomic E-state index is 13.0. The molecule has 3 heterocycles. The highest BCUT2D eigenvalue weighted by atomic mass is 32.2. The molecule has 0 aliphatic heterocycles. The second-order valence-corrected chi connectivity index (χ2v) is 7.59. The van der Waals surface area contributed by atoms with Crippen molar-refractivity contribution in [2.45, 2.75) is 12.1 Å². The fourth-order valence-corrected chi connectivity index (χ4v) is 4.01. The maximum atomic E-state index is 13.0. The van der Waals surface area contributed by atoms with E-state index in [1.54, 1.807) is 11.6 Å². The SMILES string of the molecule is Cc1cc2nc(SCC(=O)Nc3nccs3)n(-c3ccccc3)c(=O)c2[nH]1. The lowest BCUT2D eigenvalue weighted by atomic mass is 10.3. The van der Waals surface area contributed by atoms with Crippen molar-refractivity contribution in [1.29, 1.82) is 0 Å². The van der Waals surface area contributed by atoms with Crippen LogP contribution in [0.1, 0.15) is 5.69 Å². The summed E-state index contributed by atoms with van der Waals surface area (Å²) >= 11 is 2.57. The van der Waals surface area contributed by atoms with E-state index >= 15 is 0 Å². The monoisotopic (exact) mass is 397 g/mol. The van der Waals surface area contributed by atoms with Crippen LogP contribution in [0.5, 0.6) is 0 Å². The Bertz CT molecular complexity index is 1150. The normalized spacial score (nSPS) is 11.0. The first-order valence-electron chi connectivity index (χ1n) is 8.12. The minimum Gasteiger partial charge on any atom is -0.353 e. The second kappa shape index (κ2) is 7.37. The van der Waals surface area contributed by atoms with E-state index in [-0.39, 0.29) is 17.2 Å². The zero-order chi connectivity index (χ0) is 18.8. The number of hydrogen-bond donors (Lipinski definition) is 2. The van der Waals surface area contributed by atoms with Crippen molar-refractivity contribution >= 4 is 45.2 Å². The molecule has 1 amide bonds. The summed E-state index contributed by atoms with van der Waals surface area (Å²) in [5.41, 5.74) is 2.41. The van der Waals surface area contributed by atoms with Gasteiger partial charge in [-0.2, -0.15) is 0 Å². The molecule has 0 atom stereocenters. The van der Waals surface area contributed by atoms with Gasteiger partial charge in [-0.1, -0.05) is 30.0 Å². The number of thiazole rings is 1. The van der Waals surface area contributed by atoms with E-state index in [4.69, 9.17) is 0 Å². The number of fused-ring (bicyclic) bond motifs is 1. The number of para-hydroxylation sites is 1. The summed E-state index contributed by atoms with van der Waals surface area (Å²) in [7, 11) is 0. The van der Waals surface area contributed by atoms with E-state index in [0.29, 0.717) is 27.0 Å². The van der Waals surface area contributed by atoms with Gasteiger partial charge in [0.25, 0.3) is 5.56 Å². The molecule has 3 aromatic heterocycles. The van der Waals surface area contributed by atoms with E-state index in [2.05, 4.69) is 20.3 Å². The maximum Gasteiger partial charge on any atom is 0.283 e. The molecule has 0 saturated heterocycles. The van der Waals surface area contributed by atoms with E-state index in [9.17, 15) is 9.59 Å². The van der Waals surface area contributed by atoms with Crippen LogP contribution in [0.15, 0.2) is 57.9 Å². The summed E-state index contributed by atoms with van der Waals surface area (Å²) in [5, 5.41) is 5.54. The molecule has 0 aliphatic carbocycles. The highest BCUT2D eigenvalue weighted by Gasteiger charge is 2.16. The Balaban J connectivity index is 1.70. The molecule has 0 saturated carbocycles. The van der Waals surface area contributed by atoms with Crippen LogP contribution < -0.4 is 10.9 Å².